The van der Waals surface area contributed by atoms with Crippen LogP contribution >= 0.6 is 0 Å². The third kappa shape index (κ3) is 19.0. The molecule has 0 aliphatic carbocycles. The van der Waals surface area contributed by atoms with Crippen molar-refractivity contribution in [2.75, 3.05) is 26.4 Å². The van der Waals surface area contributed by atoms with Gasteiger partial charge < -0.3 is 18.9 Å². The zero-order valence-corrected chi connectivity index (χ0v) is 27.4. The van der Waals surface area contributed by atoms with E-state index < -0.39 is 0 Å². The maximum absolute atomic E-state index is 12.7. The lowest BCUT2D eigenvalue weighted by Crippen LogP contribution is -2.10. The highest BCUT2D eigenvalue weighted by atomic mass is 16.5. The van der Waals surface area contributed by atoms with Gasteiger partial charge in [-0.3, -0.25) is 0 Å². The van der Waals surface area contributed by atoms with Crippen LogP contribution in [-0.2, 0) is 4.74 Å². The quantitative estimate of drug-likeness (QED) is 0.0701. The molecule has 0 N–H and O–H groups in total. The second-order valence-electron chi connectivity index (χ2n) is 11.4. The number of carbonyl (C=O) groups excluding carboxylic acids is 1. The number of ether oxygens (including phenoxy) is 4. The lowest BCUT2D eigenvalue weighted by molar-refractivity contribution is 0.0525. The van der Waals surface area contributed by atoms with E-state index in [0.717, 1.165) is 38.5 Å². The van der Waals surface area contributed by atoms with Crippen LogP contribution in [0.4, 0.5) is 0 Å². The van der Waals surface area contributed by atoms with Crippen molar-refractivity contribution in [3.8, 4) is 17.2 Å². The van der Waals surface area contributed by atoms with Crippen molar-refractivity contribution < 1.29 is 23.7 Å². The Hall–Kier alpha value is -1.91. The third-order valence-electron chi connectivity index (χ3n) is 7.54. The first kappa shape index (κ1) is 37.1. The van der Waals surface area contributed by atoms with Crippen LogP contribution in [0.15, 0.2) is 12.1 Å². The molecule has 0 atom stereocenters. The molecule has 5 nitrogen and oxygen atoms in total. The van der Waals surface area contributed by atoms with Gasteiger partial charge in [0.15, 0.2) is 11.5 Å². The number of hydrogen-bond acceptors (Lipinski definition) is 5. The fourth-order valence-electron chi connectivity index (χ4n) is 4.98. The van der Waals surface area contributed by atoms with Gasteiger partial charge in [0.1, 0.15) is 0 Å². The number of rotatable bonds is 29. The van der Waals surface area contributed by atoms with Crippen LogP contribution in [0.3, 0.4) is 0 Å². The maximum Gasteiger partial charge on any atom is 0.338 e. The molecule has 1 aromatic carbocycles. The minimum Gasteiger partial charge on any atom is -0.490 e. The minimum absolute atomic E-state index is 0.331. The summed E-state index contributed by atoms with van der Waals surface area (Å²) < 4.78 is 24.2. The zero-order valence-electron chi connectivity index (χ0n) is 27.4. The highest BCUT2D eigenvalue weighted by Crippen LogP contribution is 2.40. The van der Waals surface area contributed by atoms with Crippen molar-refractivity contribution in [3.63, 3.8) is 0 Å². The lowest BCUT2D eigenvalue weighted by Gasteiger charge is -2.19. The Kier molecular flexibility index (Phi) is 24.4. The van der Waals surface area contributed by atoms with Gasteiger partial charge in [0.25, 0.3) is 0 Å². The molecule has 5 heteroatoms. The molecule has 0 bridgehead atoms. The van der Waals surface area contributed by atoms with E-state index in [1.54, 1.807) is 12.1 Å². The Bertz CT molecular complexity index is 706. The van der Waals surface area contributed by atoms with Gasteiger partial charge in [-0.2, -0.15) is 0 Å². The highest BCUT2D eigenvalue weighted by molar-refractivity contribution is 5.91. The lowest BCUT2D eigenvalue weighted by atomic mass is 10.1. The zero-order chi connectivity index (χ0) is 29.8. The van der Waals surface area contributed by atoms with Gasteiger partial charge in [0.2, 0.25) is 5.75 Å². The van der Waals surface area contributed by atoms with Crippen molar-refractivity contribution in [2.24, 2.45) is 0 Å². The van der Waals surface area contributed by atoms with Gasteiger partial charge in [-0.15, -0.1) is 0 Å². The van der Waals surface area contributed by atoms with Crippen molar-refractivity contribution in [1.29, 1.82) is 0 Å². The molecule has 0 saturated heterocycles. The SMILES string of the molecule is CCCCCCCCCOc1cc(C(=O)OCC)cc(OCCCCCCCCC)c1OCCCCCCCCC. The minimum atomic E-state index is -0.354. The van der Waals surface area contributed by atoms with Crippen molar-refractivity contribution in [2.45, 2.75) is 163 Å². The van der Waals surface area contributed by atoms with E-state index in [9.17, 15) is 4.79 Å². The molecule has 0 spiro atoms. The van der Waals surface area contributed by atoms with Crippen LogP contribution in [0.25, 0.3) is 0 Å². The average molecular weight is 577 g/mol. The van der Waals surface area contributed by atoms with Gasteiger partial charge in [0, 0.05) is 0 Å². The summed E-state index contributed by atoms with van der Waals surface area (Å²) in [5.41, 5.74) is 0.458. The molecule has 0 aliphatic heterocycles. The summed E-state index contributed by atoms with van der Waals surface area (Å²) in [5.74, 6) is 1.47. The van der Waals surface area contributed by atoms with Crippen LogP contribution in [-0.4, -0.2) is 32.4 Å². The summed E-state index contributed by atoms with van der Waals surface area (Å²) >= 11 is 0. The van der Waals surface area contributed by atoms with E-state index in [1.807, 2.05) is 6.92 Å². The number of hydrogen-bond donors (Lipinski definition) is 0. The van der Waals surface area contributed by atoms with Crippen LogP contribution in [0.5, 0.6) is 17.2 Å². The molecular weight excluding hydrogens is 512 g/mol. The summed E-state index contributed by atoms with van der Waals surface area (Å²) in [6.45, 7) is 10.7. The molecule has 0 aromatic heterocycles. The number of carbonyl (C=O) groups is 1. The summed E-state index contributed by atoms with van der Waals surface area (Å²) in [6.07, 6.45) is 25.7. The first-order valence-corrected chi connectivity index (χ1v) is 17.4. The predicted octanol–water partition coefficient (Wildman–Crippen LogP) is 11.3. The van der Waals surface area contributed by atoms with Gasteiger partial charge in [-0.25, -0.2) is 4.79 Å². The van der Waals surface area contributed by atoms with Crippen molar-refractivity contribution in [1.82, 2.24) is 0 Å². The summed E-state index contributed by atoms with van der Waals surface area (Å²) in [4.78, 5) is 12.7. The topological polar surface area (TPSA) is 54.0 Å². The molecule has 0 aliphatic rings. The molecule has 0 radical (unpaired) electrons. The second kappa shape index (κ2) is 27.0. The van der Waals surface area contributed by atoms with Gasteiger partial charge >= 0.3 is 5.97 Å². The number of esters is 1. The fraction of sp³-hybridized carbons (Fsp3) is 0.806. The summed E-state index contributed by atoms with van der Waals surface area (Å²) in [7, 11) is 0. The van der Waals surface area contributed by atoms with E-state index in [1.165, 1.54) is 96.3 Å². The Labute approximate surface area is 253 Å². The summed E-state index contributed by atoms with van der Waals surface area (Å²) in [5, 5.41) is 0. The number of benzene rings is 1. The summed E-state index contributed by atoms with van der Waals surface area (Å²) in [6, 6.07) is 3.56. The molecule has 0 saturated carbocycles. The van der Waals surface area contributed by atoms with Crippen LogP contribution < -0.4 is 14.2 Å². The van der Waals surface area contributed by atoms with Crippen LogP contribution in [0, 0.1) is 0 Å². The smallest absolute Gasteiger partial charge is 0.338 e. The molecule has 41 heavy (non-hydrogen) atoms. The second-order valence-corrected chi connectivity index (χ2v) is 11.4. The third-order valence-corrected chi connectivity index (χ3v) is 7.54. The van der Waals surface area contributed by atoms with E-state index in [0.29, 0.717) is 49.2 Å². The monoisotopic (exact) mass is 576 g/mol. The average Bonchev–Trinajstić information content (AvgIpc) is 2.97. The van der Waals surface area contributed by atoms with Crippen molar-refractivity contribution >= 4 is 5.97 Å². The largest absolute Gasteiger partial charge is 0.490 e. The van der Waals surface area contributed by atoms with Crippen LogP contribution in [0.2, 0.25) is 0 Å². The molecule has 0 heterocycles. The molecule has 0 unspecified atom stereocenters. The van der Waals surface area contributed by atoms with E-state index in [4.69, 9.17) is 18.9 Å². The molecule has 1 rings (SSSR count). The molecule has 0 amide bonds. The Morgan fingerprint density at radius 2 is 0.829 bits per heavy atom. The fourth-order valence-corrected chi connectivity index (χ4v) is 4.98. The van der Waals surface area contributed by atoms with Gasteiger partial charge in [-0.05, 0) is 38.3 Å². The molecular formula is C36H64O5. The Morgan fingerprint density at radius 1 is 0.488 bits per heavy atom. The maximum atomic E-state index is 12.7. The van der Waals surface area contributed by atoms with E-state index in [2.05, 4.69) is 20.8 Å². The Morgan fingerprint density at radius 3 is 1.20 bits per heavy atom. The Balaban J connectivity index is 2.85. The number of unbranched alkanes of at least 4 members (excludes halogenated alkanes) is 18. The van der Waals surface area contributed by atoms with Crippen molar-refractivity contribution in [3.05, 3.63) is 17.7 Å². The standard InChI is InChI=1S/C36H64O5/c1-5-9-12-15-18-21-24-27-39-33-30-32(36(37)38-8-4)31-34(40-28-25-22-19-16-13-10-6-2)35(33)41-29-26-23-20-17-14-11-7-3/h30-31H,5-29H2,1-4H3. The van der Waals surface area contributed by atoms with Crippen LogP contribution in [0.1, 0.15) is 173 Å². The normalized spacial score (nSPS) is 11.0. The predicted molar refractivity (Wildman–Crippen MR) is 173 cm³/mol. The van der Waals surface area contributed by atoms with E-state index >= 15 is 0 Å². The first-order valence-electron chi connectivity index (χ1n) is 17.4. The van der Waals surface area contributed by atoms with E-state index in [-0.39, 0.29) is 5.97 Å². The first-order chi connectivity index (χ1) is 20.2. The van der Waals surface area contributed by atoms with Gasteiger partial charge in [0.05, 0.1) is 32.0 Å². The molecule has 238 valence electrons. The highest BCUT2D eigenvalue weighted by Gasteiger charge is 2.20. The molecule has 0 fully saturated rings. The van der Waals surface area contributed by atoms with Gasteiger partial charge in [-0.1, -0.05) is 136 Å². The molecule has 1 aromatic rings.